The molecule has 160 valence electrons. The topological polar surface area (TPSA) is 155 Å². The zero-order valence-corrected chi connectivity index (χ0v) is 17.7. The highest BCUT2D eigenvalue weighted by atomic mass is 32.2. The molecule has 0 bridgehead atoms. The van der Waals surface area contributed by atoms with Crippen molar-refractivity contribution in [3.8, 4) is 23.5 Å². The second-order valence-corrected chi connectivity index (χ2v) is 7.40. The van der Waals surface area contributed by atoms with E-state index in [1.165, 1.54) is 13.4 Å². The normalized spacial score (nSPS) is 10.1. The molecule has 0 saturated heterocycles. The Bertz CT molecular complexity index is 1240. The van der Waals surface area contributed by atoms with Crippen molar-refractivity contribution in [3.63, 3.8) is 0 Å². The number of para-hydroxylation sites is 1. The maximum absolute atomic E-state index is 12.4. The van der Waals surface area contributed by atoms with Crippen molar-refractivity contribution in [1.29, 1.82) is 10.5 Å². The fourth-order valence-electron chi connectivity index (χ4n) is 2.90. The van der Waals surface area contributed by atoms with Crippen LogP contribution in [0.4, 0.5) is 11.5 Å². The minimum atomic E-state index is -0.559. The number of rotatable bonds is 7. The van der Waals surface area contributed by atoms with Crippen molar-refractivity contribution < 1.29 is 18.7 Å². The molecule has 3 aromatic rings. The lowest BCUT2D eigenvalue weighted by atomic mass is 10.0. The number of aromatic nitrogens is 1. The largest absolute Gasteiger partial charge is 0.465 e. The smallest absolute Gasteiger partial charge is 0.339 e. The number of carbonyl (C=O) groups excluding carboxylic acids is 2. The number of nitrogens with two attached hydrogens (primary N) is 1. The number of nitrogens with one attached hydrogen (secondary N) is 1. The monoisotopic (exact) mass is 447 g/mol. The summed E-state index contributed by atoms with van der Waals surface area (Å²) in [5, 5.41) is 22.1. The Morgan fingerprint density at radius 1 is 1.19 bits per heavy atom. The van der Waals surface area contributed by atoms with E-state index in [-0.39, 0.29) is 51.2 Å². The summed E-state index contributed by atoms with van der Waals surface area (Å²) >= 11 is 1.15. The van der Waals surface area contributed by atoms with Crippen molar-refractivity contribution in [1.82, 2.24) is 4.98 Å². The summed E-state index contributed by atoms with van der Waals surface area (Å²) in [4.78, 5) is 28.4. The number of pyridine rings is 1. The number of hydrogen-bond acceptors (Lipinski definition) is 9. The molecule has 3 N–H and O–H groups in total. The number of nitrogens with zero attached hydrogens (tertiary/aromatic N) is 3. The molecule has 32 heavy (non-hydrogen) atoms. The highest BCUT2D eigenvalue weighted by Crippen LogP contribution is 2.35. The van der Waals surface area contributed by atoms with Crippen LogP contribution in [0.25, 0.3) is 11.3 Å². The number of furan rings is 1. The predicted molar refractivity (Wildman–Crippen MR) is 118 cm³/mol. The van der Waals surface area contributed by atoms with Crippen LogP contribution in [0.15, 0.2) is 52.1 Å². The van der Waals surface area contributed by atoms with E-state index in [0.717, 1.165) is 11.8 Å². The van der Waals surface area contributed by atoms with Gasteiger partial charge in [0.15, 0.2) is 0 Å². The number of anilines is 2. The molecule has 0 aliphatic carbocycles. The molecule has 1 amide bonds. The van der Waals surface area contributed by atoms with Gasteiger partial charge in [-0.3, -0.25) is 4.79 Å². The van der Waals surface area contributed by atoms with Gasteiger partial charge in [-0.2, -0.15) is 10.5 Å². The lowest BCUT2D eigenvalue weighted by Crippen LogP contribution is -2.15. The van der Waals surface area contributed by atoms with Crippen LogP contribution in [0.1, 0.15) is 27.9 Å². The van der Waals surface area contributed by atoms with Crippen molar-refractivity contribution in [3.05, 3.63) is 59.4 Å². The summed E-state index contributed by atoms with van der Waals surface area (Å²) < 4.78 is 10.1. The van der Waals surface area contributed by atoms with Gasteiger partial charge in [0, 0.05) is 12.2 Å². The summed E-state index contributed by atoms with van der Waals surface area (Å²) in [5.41, 5.74) is 6.99. The number of nitriles is 2. The summed E-state index contributed by atoms with van der Waals surface area (Å²) in [7, 11) is 1.26. The average Bonchev–Trinajstić information content (AvgIpc) is 3.33. The Morgan fingerprint density at radius 2 is 1.94 bits per heavy atom. The Hall–Kier alpha value is -4.28. The second-order valence-electron chi connectivity index (χ2n) is 6.31. The van der Waals surface area contributed by atoms with Gasteiger partial charge in [0.25, 0.3) is 0 Å². The average molecular weight is 447 g/mol. The lowest BCUT2D eigenvalue weighted by molar-refractivity contribution is -0.115. The standard InChI is InChI=1S/C22H17N5O4S/c1-30-22(29)13-5-2-3-6-16(13)26-18(28)8-10-32-21-15(12-24)19(17-7-4-9-31-17)14(11-23)20(25)27-21/h2-7,9H,8,10H2,1H3,(H2,25,27)(H,26,28). The molecule has 2 aromatic heterocycles. The fraction of sp³-hybridized carbons (Fsp3) is 0.136. The van der Waals surface area contributed by atoms with Crippen molar-refractivity contribution in [2.75, 3.05) is 23.9 Å². The van der Waals surface area contributed by atoms with E-state index < -0.39 is 5.97 Å². The van der Waals surface area contributed by atoms with Gasteiger partial charge in [-0.15, -0.1) is 11.8 Å². The van der Waals surface area contributed by atoms with Crippen LogP contribution in [0, 0.1) is 22.7 Å². The number of hydrogen-bond donors (Lipinski definition) is 2. The van der Waals surface area contributed by atoms with E-state index in [2.05, 4.69) is 16.4 Å². The molecule has 0 atom stereocenters. The third kappa shape index (κ3) is 4.72. The van der Waals surface area contributed by atoms with E-state index in [0.29, 0.717) is 11.4 Å². The Labute approximate surface area is 187 Å². The third-order valence-electron chi connectivity index (χ3n) is 4.36. The van der Waals surface area contributed by atoms with Crippen LogP contribution in [-0.4, -0.2) is 29.7 Å². The van der Waals surface area contributed by atoms with Gasteiger partial charge in [0.05, 0.1) is 35.8 Å². The lowest BCUT2D eigenvalue weighted by Gasteiger charge is -2.11. The molecule has 0 aliphatic rings. The van der Waals surface area contributed by atoms with Gasteiger partial charge in [0.1, 0.15) is 34.3 Å². The van der Waals surface area contributed by atoms with Gasteiger partial charge < -0.3 is 20.2 Å². The quantitative estimate of drug-likeness (QED) is 0.408. The summed E-state index contributed by atoms with van der Waals surface area (Å²) in [6.45, 7) is 0. The molecule has 0 unspecified atom stereocenters. The van der Waals surface area contributed by atoms with Crippen LogP contribution in [-0.2, 0) is 9.53 Å². The van der Waals surface area contributed by atoms with Gasteiger partial charge in [0.2, 0.25) is 5.91 Å². The minimum absolute atomic E-state index is 0.0307. The molecule has 0 aliphatic heterocycles. The van der Waals surface area contributed by atoms with Crippen LogP contribution in [0.3, 0.4) is 0 Å². The molecule has 0 fully saturated rings. The number of esters is 1. The number of nitrogen functional groups attached to an aromatic ring is 1. The molecular formula is C22H17N5O4S. The van der Waals surface area contributed by atoms with E-state index in [4.69, 9.17) is 14.9 Å². The van der Waals surface area contributed by atoms with Crippen LogP contribution < -0.4 is 11.1 Å². The molecule has 0 spiro atoms. The first-order valence-corrected chi connectivity index (χ1v) is 10.3. The second kappa shape index (κ2) is 10.2. The number of methoxy groups -OCH3 is 1. The van der Waals surface area contributed by atoms with Crippen LogP contribution in [0.5, 0.6) is 0 Å². The third-order valence-corrected chi connectivity index (χ3v) is 5.33. The number of carbonyl (C=O) groups is 2. The van der Waals surface area contributed by atoms with E-state index in [1.54, 1.807) is 36.4 Å². The minimum Gasteiger partial charge on any atom is -0.465 e. The molecule has 3 rings (SSSR count). The molecule has 9 nitrogen and oxygen atoms in total. The summed E-state index contributed by atoms with van der Waals surface area (Å²) in [6.07, 6.45) is 1.50. The number of thioether (sulfide) groups is 1. The Kier molecular flexibility index (Phi) is 7.11. The van der Waals surface area contributed by atoms with Crippen molar-refractivity contribution >= 4 is 35.1 Å². The van der Waals surface area contributed by atoms with E-state index in [9.17, 15) is 20.1 Å². The number of ether oxygens (including phenoxy) is 1. The van der Waals surface area contributed by atoms with Gasteiger partial charge in [-0.25, -0.2) is 9.78 Å². The zero-order chi connectivity index (χ0) is 23.1. The van der Waals surface area contributed by atoms with Gasteiger partial charge in [-0.1, -0.05) is 12.1 Å². The summed E-state index contributed by atoms with van der Waals surface area (Å²) in [5.74, 6) is -0.323. The van der Waals surface area contributed by atoms with E-state index in [1.807, 2.05) is 6.07 Å². The van der Waals surface area contributed by atoms with Gasteiger partial charge in [-0.05, 0) is 24.3 Å². The van der Waals surface area contributed by atoms with Crippen molar-refractivity contribution in [2.24, 2.45) is 0 Å². The first-order chi connectivity index (χ1) is 15.5. The van der Waals surface area contributed by atoms with Crippen LogP contribution >= 0.6 is 11.8 Å². The molecular weight excluding hydrogens is 430 g/mol. The molecule has 0 radical (unpaired) electrons. The maximum atomic E-state index is 12.4. The first kappa shape index (κ1) is 22.4. The van der Waals surface area contributed by atoms with Crippen LogP contribution in [0.2, 0.25) is 0 Å². The fourth-order valence-corrected chi connectivity index (χ4v) is 3.84. The van der Waals surface area contributed by atoms with E-state index >= 15 is 0 Å². The molecule has 2 heterocycles. The maximum Gasteiger partial charge on any atom is 0.339 e. The first-order valence-electron chi connectivity index (χ1n) is 9.27. The Balaban J connectivity index is 1.76. The number of benzene rings is 1. The van der Waals surface area contributed by atoms with Gasteiger partial charge >= 0.3 is 5.97 Å². The van der Waals surface area contributed by atoms with Crippen molar-refractivity contribution in [2.45, 2.75) is 11.4 Å². The zero-order valence-electron chi connectivity index (χ0n) is 16.9. The Morgan fingerprint density at radius 3 is 2.59 bits per heavy atom. The molecule has 0 saturated carbocycles. The highest BCUT2D eigenvalue weighted by Gasteiger charge is 2.22. The summed E-state index contributed by atoms with van der Waals surface area (Å²) in [6, 6.07) is 13.8. The highest BCUT2D eigenvalue weighted by molar-refractivity contribution is 7.99. The number of amides is 1. The molecule has 10 heteroatoms. The SMILES string of the molecule is COC(=O)c1ccccc1NC(=O)CCSc1nc(N)c(C#N)c(-c2ccco2)c1C#N. The predicted octanol–water partition coefficient (Wildman–Crippen LogP) is 3.57. The molecule has 1 aromatic carbocycles.